The van der Waals surface area contributed by atoms with Gasteiger partial charge in [0.2, 0.25) is 18.2 Å². The lowest BCUT2D eigenvalue weighted by atomic mass is 10.0. The van der Waals surface area contributed by atoms with Crippen molar-refractivity contribution in [3.8, 4) is 0 Å². The van der Waals surface area contributed by atoms with E-state index in [1.807, 2.05) is 0 Å². The van der Waals surface area contributed by atoms with Crippen molar-refractivity contribution in [2.45, 2.75) is 32.9 Å². The summed E-state index contributed by atoms with van der Waals surface area (Å²) in [5, 5.41) is 3.67. The minimum absolute atomic E-state index is 0.188. The number of carbonyl (C=O) groups is 3. The highest BCUT2D eigenvalue weighted by Gasteiger charge is 2.27. The fourth-order valence-corrected chi connectivity index (χ4v) is 1.54. The number of hydrogen-bond acceptors (Lipinski definition) is 4. The van der Waals surface area contributed by atoms with E-state index in [0.29, 0.717) is 6.41 Å². The average Bonchev–Trinajstić information content (AvgIpc) is 2.37. The number of rotatable bonds is 7. The fraction of sp³-hybridized carbons (Fsp3) is 0.750. The molecule has 3 atom stereocenters. The van der Waals surface area contributed by atoms with Gasteiger partial charge >= 0.3 is 0 Å². The minimum Gasteiger partial charge on any atom is -0.347 e. The van der Waals surface area contributed by atoms with E-state index in [1.165, 1.54) is 12.0 Å². The van der Waals surface area contributed by atoms with E-state index in [-0.39, 0.29) is 11.8 Å². The molecule has 19 heavy (non-hydrogen) atoms. The molecule has 0 aromatic heterocycles. The second-order valence-electron chi connectivity index (χ2n) is 4.64. The Morgan fingerprint density at radius 1 is 1.21 bits per heavy atom. The third-order valence-corrected chi connectivity index (χ3v) is 3.02. The zero-order chi connectivity index (χ0) is 15.2. The van der Waals surface area contributed by atoms with Crippen LogP contribution in [0.25, 0.3) is 0 Å². The van der Waals surface area contributed by atoms with Crippen LogP contribution in [0.1, 0.15) is 20.8 Å². The summed E-state index contributed by atoms with van der Waals surface area (Å²) in [4.78, 5) is 40.6. The summed E-state index contributed by atoms with van der Waals surface area (Å²) in [5.74, 6) is -0.992. The van der Waals surface area contributed by atoms with Gasteiger partial charge in [-0.05, 0) is 13.8 Å². The van der Waals surface area contributed by atoms with Crippen LogP contribution in [0.2, 0.25) is 0 Å². The van der Waals surface area contributed by atoms with E-state index in [0.717, 1.165) is 5.06 Å². The Morgan fingerprint density at radius 3 is 2.11 bits per heavy atom. The summed E-state index contributed by atoms with van der Waals surface area (Å²) in [6.07, 6.45) is 0.517. The van der Waals surface area contributed by atoms with Crippen molar-refractivity contribution in [1.29, 1.82) is 0 Å². The molecule has 0 radical (unpaired) electrons. The zero-order valence-corrected chi connectivity index (χ0v) is 12.3. The van der Waals surface area contributed by atoms with E-state index < -0.39 is 18.0 Å². The van der Waals surface area contributed by atoms with E-state index in [2.05, 4.69) is 5.32 Å². The number of nitrogens with one attached hydrogen (secondary N) is 1. The summed E-state index contributed by atoms with van der Waals surface area (Å²) in [6, 6.07) is -1.03. The molecule has 110 valence electrons. The molecule has 3 amide bonds. The van der Waals surface area contributed by atoms with Crippen LogP contribution in [0.15, 0.2) is 0 Å². The molecule has 7 heteroatoms. The summed E-state index contributed by atoms with van der Waals surface area (Å²) in [7, 11) is 4.60. The predicted molar refractivity (Wildman–Crippen MR) is 69.8 cm³/mol. The van der Waals surface area contributed by atoms with Crippen LogP contribution in [0.4, 0.5) is 0 Å². The number of likely N-dealkylation sites (N-methyl/N-ethyl adjacent to an activating group) is 1. The van der Waals surface area contributed by atoms with Gasteiger partial charge in [-0.25, -0.2) is 5.06 Å². The van der Waals surface area contributed by atoms with Gasteiger partial charge in [-0.2, -0.15) is 0 Å². The van der Waals surface area contributed by atoms with Gasteiger partial charge in [0, 0.05) is 14.1 Å². The largest absolute Gasteiger partial charge is 0.347 e. The van der Waals surface area contributed by atoms with Crippen molar-refractivity contribution in [2.75, 3.05) is 21.2 Å². The van der Waals surface area contributed by atoms with Crippen molar-refractivity contribution >= 4 is 18.2 Å². The quantitative estimate of drug-likeness (QED) is 0.507. The Labute approximate surface area is 113 Å². The number of carbonyl (C=O) groups excluding carboxylic acids is 3. The summed E-state index contributed by atoms with van der Waals surface area (Å²) >= 11 is 0. The first-order chi connectivity index (χ1) is 8.76. The summed E-state index contributed by atoms with van der Waals surface area (Å²) in [6.45, 7) is 4.98. The Bertz CT molecular complexity index is 333. The minimum atomic E-state index is -0.607. The maximum absolute atomic E-state index is 12.0. The summed E-state index contributed by atoms with van der Waals surface area (Å²) < 4.78 is 0. The number of hydrogen-bond donors (Lipinski definition) is 1. The van der Waals surface area contributed by atoms with Gasteiger partial charge in [-0.3, -0.25) is 19.2 Å². The molecule has 0 rings (SSSR count). The van der Waals surface area contributed by atoms with Gasteiger partial charge in [0.15, 0.2) is 0 Å². The first-order valence-electron chi connectivity index (χ1n) is 6.05. The van der Waals surface area contributed by atoms with Crippen LogP contribution in [0.5, 0.6) is 0 Å². The first-order valence-corrected chi connectivity index (χ1v) is 6.05. The smallest absolute Gasteiger partial charge is 0.244 e. The molecule has 0 spiro atoms. The van der Waals surface area contributed by atoms with Crippen molar-refractivity contribution < 1.29 is 19.2 Å². The van der Waals surface area contributed by atoms with Gasteiger partial charge in [0.1, 0.15) is 6.04 Å². The number of nitrogens with zero attached hydrogens (tertiary/aromatic N) is 2. The second kappa shape index (κ2) is 7.73. The molecule has 3 unspecified atom stereocenters. The lowest BCUT2D eigenvalue weighted by molar-refractivity contribution is -0.178. The Balaban J connectivity index is 4.57. The van der Waals surface area contributed by atoms with Crippen molar-refractivity contribution in [3.05, 3.63) is 0 Å². The predicted octanol–water partition coefficient (Wildman–Crippen LogP) is -0.376. The zero-order valence-electron chi connectivity index (χ0n) is 12.3. The Morgan fingerprint density at radius 2 is 1.74 bits per heavy atom. The van der Waals surface area contributed by atoms with Crippen LogP contribution >= 0.6 is 0 Å². The molecule has 0 aliphatic carbocycles. The van der Waals surface area contributed by atoms with E-state index in [4.69, 9.17) is 4.84 Å². The standard InChI is InChI=1S/C12H23N3O4/c1-8(10(3)15(7-16)19-6)11(17)13-9(2)12(18)14(4)5/h7-10H,1-6H3,(H,13,17). The van der Waals surface area contributed by atoms with Gasteiger partial charge in [-0.15, -0.1) is 0 Å². The Hall–Kier alpha value is -1.63. The molecule has 0 aliphatic heterocycles. The third kappa shape index (κ3) is 4.86. The monoisotopic (exact) mass is 273 g/mol. The molecule has 0 aromatic carbocycles. The van der Waals surface area contributed by atoms with Crippen LogP contribution < -0.4 is 5.32 Å². The highest BCUT2D eigenvalue weighted by Crippen LogP contribution is 2.10. The van der Waals surface area contributed by atoms with Gasteiger partial charge in [0.05, 0.1) is 19.1 Å². The van der Waals surface area contributed by atoms with E-state index in [9.17, 15) is 14.4 Å². The van der Waals surface area contributed by atoms with E-state index in [1.54, 1.807) is 34.9 Å². The highest BCUT2D eigenvalue weighted by atomic mass is 16.7. The average molecular weight is 273 g/mol. The molecule has 0 saturated carbocycles. The van der Waals surface area contributed by atoms with Crippen molar-refractivity contribution in [2.24, 2.45) is 5.92 Å². The molecule has 0 aromatic rings. The lowest BCUT2D eigenvalue weighted by Crippen LogP contribution is -2.49. The summed E-state index contributed by atoms with van der Waals surface area (Å²) in [5.41, 5.74) is 0. The molecule has 0 heterocycles. The maximum atomic E-state index is 12.0. The number of hydroxylamine groups is 2. The molecular weight excluding hydrogens is 250 g/mol. The fourth-order valence-electron chi connectivity index (χ4n) is 1.54. The normalized spacial score (nSPS) is 15.1. The third-order valence-electron chi connectivity index (χ3n) is 3.02. The maximum Gasteiger partial charge on any atom is 0.244 e. The van der Waals surface area contributed by atoms with E-state index >= 15 is 0 Å². The van der Waals surface area contributed by atoms with Crippen LogP contribution in [0, 0.1) is 5.92 Å². The van der Waals surface area contributed by atoms with Crippen LogP contribution in [-0.2, 0) is 19.2 Å². The van der Waals surface area contributed by atoms with Gasteiger partial charge in [-0.1, -0.05) is 6.92 Å². The van der Waals surface area contributed by atoms with Crippen molar-refractivity contribution in [1.82, 2.24) is 15.3 Å². The Kier molecular flexibility index (Phi) is 7.06. The molecule has 0 aliphatic rings. The molecule has 7 nitrogen and oxygen atoms in total. The van der Waals surface area contributed by atoms with Gasteiger partial charge < -0.3 is 10.2 Å². The highest BCUT2D eigenvalue weighted by molar-refractivity contribution is 5.88. The molecule has 0 fully saturated rings. The van der Waals surface area contributed by atoms with Crippen molar-refractivity contribution in [3.63, 3.8) is 0 Å². The van der Waals surface area contributed by atoms with Crippen LogP contribution in [0.3, 0.4) is 0 Å². The molecule has 0 saturated heterocycles. The SMILES string of the molecule is CON(C=O)C(C)C(C)C(=O)NC(C)C(=O)N(C)C. The molecule has 0 bridgehead atoms. The number of amides is 3. The lowest BCUT2D eigenvalue weighted by Gasteiger charge is -2.28. The second-order valence-corrected chi connectivity index (χ2v) is 4.64. The van der Waals surface area contributed by atoms with Crippen LogP contribution in [-0.4, -0.2) is 61.5 Å². The molecular formula is C12H23N3O4. The first kappa shape index (κ1) is 17.4. The van der Waals surface area contributed by atoms with Gasteiger partial charge in [0.25, 0.3) is 0 Å². The molecule has 1 N–H and O–H groups in total. The topological polar surface area (TPSA) is 79.0 Å².